The maximum Gasteiger partial charge on any atom is 0.166 e. The highest BCUT2D eigenvalue weighted by molar-refractivity contribution is 5.26. The minimum Gasteiger partial charge on any atom is -0.169 e. The molecular weight excluding hydrogens is 194 g/mol. The fourth-order valence-electron chi connectivity index (χ4n) is 0.863. The van der Waals surface area contributed by atoms with Crippen molar-refractivity contribution >= 4 is 0 Å². The van der Waals surface area contributed by atoms with Crippen LogP contribution in [0, 0.1) is 47.6 Å². The Balaban J connectivity index is 5.01. The van der Waals surface area contributed by atoms with Gasteiger partial charge in [0.15, 0.2) is 12.1 Å². The summed E-state index contributed by atoms with van der Waals surface area (Å²) in [5.41, 5.74) is 0. The molecule has 0 fully saturated rings. The molecule has 0 aliphatic rings. The first kappa shape index (κ1) is 13.9. The summed E-state index contributed by atoms with van der Waals surface area (Å²) in [6.45, 7) is 6.23. The van der Waals surface area contributed by atoms with Crippen molar-refractivity contribution in [2.24, 2.45) is 0 Å². The van der Waals surface area contributed by atoms with E-state index in [1.54, 1.807) is 13.8 Å². The Kier molecular flexibility index (Phi) is 7.20. The summed E-state index contributed by atoms with van der Waals surface area (Å²) in [6, 6.07) is 6.02. The number of nitrogens with zero attached hydrogens (tertiary/aromatic N) is 1. The first-order chi connectivity index (χ1) is 7.68. The molecule has 0 aromatic rings. The van der Waals surface area contributed by atoms with Gasteiger partial charge in [0.2, 0.25) is 0 Å². The van der Waals surface area contributed by atoms with E-state index >= 15 is 0 Å². The lowest BCUT2D eigenvalue weighted by atomic mass is 10.4. The number of rotatable bonds is 2. The van der Waals surface area contributed by atoms with Crippen LogP contribution in [0.5, 0.6) is 0 Å². The van der Waals surface area contributed by atoms with E-state index in [9.17, 15) is 0 Å². The Morgan fingerprint density at radius 3 is 1.81 bits per heavy atom. The maximum atomic E-state index is 3.01. The van der Waals surface area contributed by atoms with E-state index in [1.807, 2.05) is 26.1 Å². The van der Waals surface area contributed by atoms with E-state index in [0.29, 0.717) is 4.48 Å². The van der Waals surface area contributed by atoms with Crippen molar-refractivity contribution in [1.82, 2.24) is 0 Å². The summed E-state index contributed by atoms with van der Waals surface area (Å²) in [5, 5.41) is 0. The molecule has 0 atom stereocenters. The van der Waals surface area contributed by atoms with Gasteiger partial charge in [-0.2, -0.15) is 4.48 Å². The molecule has 0 saturated heterocycles. The number of hydrogen-bond donors (Lipinski definition) is 0. The van der Waals surface area contributed by atoms with E-state index < -0.39 is 0 Å². The number of quaternary nitrogens is 1. The number of allylic oxidation sites excluding steroid dienone is 1. The van der Waals surface area contributed by atoms with Crippen LogP contribution in [0.3, 0.4) is 0 Å². The molecule has 0 aromatic heterocycles. The summed E-state index contributed by atoms with van der Waals surface area (Å²) in [5.74, 6) is 16.5. The zero-order chi connectivity index (χ0) is 12.3. The topological polar surface area (TPSA) is 0 Å². The van der Waals surface area contributed by atoms with Gasteiger partial charge >= 0.3 is 0 Å². The zero-order valence-corrected chi connectivity index (χ0v) is 10.3. The molecule has 80 valence electrons. The van der Waals surface area contributed by atoms with Crippen LogP contribution in [0.15, 0.2) is 12.2 Å². The lowest BCUT2D eigenvalue weighted by molar-refractivity contribution is -0.765. The number of hydrogen-bond acceptors (Lipinski definition) is 0. The Hall–Kier alpha value is -2.06. The van der Waals surface area contributed by atoms with Crippen molar-refractivity contribution in [2.45, 2.75) is 20.8 Å². The first-order valence-electron chi connectivity index (χ1n) is 5.03. The Morgan fingerprint density at radius 1 is 0.938 bits per heavy atom. The third kappa shape index (κ3) is 6.40. The highest BCUT2D eigenvalue weighted by Crippen LogP contribution is 1.97. The standard InChI is InChI=1S/C15H16N/c1-5-8-11-14-16(4,13-10-7-3)15-12-9-6-2/h7,10H,13H2,1-4H3/q+1. The Bertz CT molecular complexity index is 440. The van der Waals surface area contributed by atoms with E-state index in [-0.39, 0.29) is 0 Å². The van der Waals surface area contributed by atoms with E-state index in [0.717, 1.165) is 6.54 Å². The molecule has 0 radical (unpaired) electrons. The molecule has 0 aliphatic carbocycles. The van der Waals surface area contributed by atoms with Gasteiger partial charge in [-0.1, -0.05) is 17.9 Å². The van der Waals surface area contributed by atoms with Crippen LogP contribution in [0.25, 0.3) is 0 Å². The van der Waals surface area contributed by atoms with Gasteiger partial charge in [0.05, 0.1) is 18.9 Å². The van der Waals surface area contributed by atoms with Gasteiger partial charge in [0.1, 0.15) is 6.54 Å². The summed E-state index contributed by atoms with van der Waals surface area (Å²) in [4.78, 5) is 0. The minimum atomic E-state index is 0.313. The van der Waals surface area contributed by atoms with Crippen LogP contribution < -0.4 is 0 Å². The average Bonchev–Trinajstić information content (AvgIpc) is 2.27. The lowest BCUT2D eigenvalue weighted by Gasteiger charge is -2.14. The summed E-state index contributed by atoms with van der Waals surface area (Å²) >= 11 is 0. The van der Waals surface area contributed by atoms with E-state index in [1.165, 1.54) is 0 Å². The van der Waals surface area contributed by atoms with Crippen molar-refractivity contribution in [3.8, 4) is 47.6 Å². The molecule has 0 heterocycles. The van der Waals surface area contributed by atoms with Crippen molar-refractivity contribution in [3.63, 3.8) is 0 Å². The van der Waals surface area contributed by atoms with Crippen LogP contribution in [0.4, 0.5) is 0 Å². The van der Waals surface area contributed by atoms with Gasteiger partial charge < -0.3 is 0 Å². The van der Waals surface area contributed by atoms with Gasteiger partial charge in [0, 0.05) is 0 Å². The predicted octanol–water partition coefficient (Wildman–Crippen LogP) is 1.98. The molecule has 1 heteroatoms. The number of likely N-dealkylation sites (N-methyl/N-ethyl adjacent to an activating group) is 1. The second-order valence-electron chi connectivity index (χ2n) is 3.17. The highest BCUT2D eigenvalue weighted by atomic mass is 15.3. The predicted molar refractivity (Wildman–Crippen MR) is 68.3 cm³/mol. The van der Waals surface area contributed by atoms with Gasteiger partial charge in [-0.25, -0.2) is 0 Å². The average molecular weight is 210 g/mol. The van der Waals surface area contributed by atoms with Crippen molar-refractivity contribution < 1.29 is 4.48 Å². The second kappa shape index (κ2) is 8.26. The monoisotopic (exact) mass is 210 g/mol. The molecule has 0 unspecified atom stereocenters. The third-order valence-corrected chi connectivity index (χ3v) is 1.69. The molecular formula is C15H16N+. The molecule has 0 bridgehead atoms. The first-order valence-corrected chi connectivity index (χ1v) is 5.03. The van der Waals surface area contributed by atoms with E-state index in [4.69, 9.17) is 0 Å². The SMILES string of the molecule is CC#CC#C[N+](C)(C#CC#CC)CC=CC. The molecule has 0 N–H and O–H groups in total. The minimum absolute atomic E-state index is 0.313. The summed E-state index contributed by atoms with van der Waals surface area (Å²) in [7, 11) is 1.94. The van der Waals surface area contributed by atoms with E-state index in [2.05, 4.69) is 47.6 Å². The molecule has 16 heavy (non-hydrogen) atoms. The fourth-order valence-corrected chi connectivity index (χ4v) is 0.863. The normalized spacial score (nSPS) is 8.50. The Morgan fingerprint density at radius 2 is 1.44 bits per heavy atom. The summed E-state index contributed by atoms with van der Waals surface area (Å²) < 4.78 is 0.313. The van der Waals surface area contributed by atoms with Gasteiger partial charge in [-0.3, -0.25) is 0 Å². The van der Waals surface area contributed by atoms with Crippen molar-refractivity contribution in [3.05, 3.63) is 12.2 Å². The molecule has 1 nitrogen and oxygen atoms in total. The molecule has 0 saturated carbocycles. The van der Waals surface area contributed by atoms with Crippen LogP contribution in [-0.4, -0.2) is 18.1 Å². The molecule has 0 amide bonds. The van der Waals surface area contributed by atoms with Crippen LogP contribution in [0.2, 0.25) is 0 Å². The zero-order valence-electron chi connectivity index (χ0n) is 10.3. The van der Waals surface area contributed by atoms with Crippen LogP contribution in [0.1, 0.15) is 20.8 Å². The van der Waals surface area contributed by atoms with Gasteiger partial charge in [-0.05, 0) is 38.7 Å². The second-order valence-corrected chi connectivity index (χ2v) is 3.17. The fraction of sp³-hybridized carbons (Fsp3) is 0.333. The van der Waals surface area contributed by atoms with Crippen molar-refractivity contribution in [2.75, 3.05) is 13.6 Å². The lowest BCUT2D eigenvalue weighted by Crippen LogP contribution is -2.33. The maximum absolute atomic E-state index is 3.01. The van der Waals surface area contributed by atoms with Gasteiger partial charge in [0.25, 0.3) is 0 Å². The third-order valence-electron chi connectivity index (χ3n) is 1.69. The molecule has 0 aliphatic heterocycles. The smallest absolute Gasteiger partial charge is 0.166 e. The molecule has 0 aromatic carbocycles. The Labute approximate surface area is 99.1 Å². The largest absolute Gasteiger partial charge is 0.169 e. The quantitative estimate of drug-likeness (QED) is 0.371. The molecule has 0 spiro atoms. The van der Waals surface area contributed by atoms with Crippen molar-refractivity contribution in [1.29, 1.82) is 0 Å². The summed E-state index contributed by atoms with van der Waals surface area (Å²) in [6.07, 6.45) is 4.01. The van der Waals surface area contributed by atoms with Crippen LogP contribution >= 0.6 is 0 Å². The molecule has 0 rings (SSSR count). The highest BCUT2D eigenvalue weighted by Gasteiger charge is 2.14. The van der Waals surface area contributed by atoms with Gasteiger partial charge in [-0.15, -0.1) is 0 Å². The van der Waals surface area contributed by atoms with Crippen LogP contribution in [-0.2, 0) is 0 Å².